The number of nitrogens with one attached hydrogen (secondary N) is 1. The number of benzene rings is 1. The van der Waals surface area contributed by atoms with Crippen LogP contribution in [0.15, 0.2) is 52.5 Å². The fourth-order valence-corrected chi connectivity index (χ4v) is 3.89. The number of hydrogen-bond acceptors (Lipinski definition) is 6. The van der Waals surface area contributed by atoms with Gasteiger partial charge in [0.15, 0.2) is 10.8 Å². The van der Waals surface area contributed by atoms with E-state index in [9.17, 15) is 9.59 Å². The number of hydrogen-bond donors (Lipinski definition) is 1. The fraction of sp³-hybridized carbons (Fsp3) is 0.211. The van der Waals surface area contributed by atoms with Crippen LogP contribution in [0.25, 0.3) is 10.8 Å². The van der Waals surface area contributed by atoms with Crippen molar-refractivity contribution in [2.24, 2.45) is 0 Å². The van der Waals surface area contributed by atoms with Gasteiger partial charge in [0.1, 0.15) is 0 Å². The molecule has 8 heteroatoms. The first kappa shape index (κ1) is 19.2. The highest BCUT2D eigenvalue weighted by Crippen LogP contribution is 2.25. The van der Waals surface area contributed by atoms with Crippen LogP contribution in [-0.2, 0) is 10.5 Å². The van der Waals surface area contributed by atoms with E-state index in [1.165, 1.54) is 28.0 Å². The second-order valence-corrected chi connectivity index (χ2v) is 7.78. The Kier molecular flexibility index (Phi) is 6.31. The maximum Gasteiger partial charge on any atom is 0.253 e. The molecule has 0 aliphatic rings. The summed E-state index contributed by atoms with van der Waals surface area (Å²) in [5.41, 5.74) is 2.18. The van der Waals surface area contributed by atoms with Gasteiger partial charge in [-0.25, -0.2) is 4.98 Å². The van der Waals surface area contributed by atoms with Crippen molar-refractivity contribution in [1.29, 1.82) is 0 Å². The molecule has 0 saturated carbocycles. The van der Waals surface area contributed by atoms with Crippen LogP contribution in [0.3, 0.4) is 0 Å². The Morgan fingerprint density at radius 2 is 2.00 bits per heavy atom. The molecule has 6 nitrogen and oxygen atoms in total. The molecule has 3 rings (SSSR count). The Bertz CT molecular complexity index is 903. The normalized spacial score (nSPS) is 10.6. The van der Waals surface area contributed by atoms with E-state index < -0.39 is 0 Å². The predicted molar refractivity (Wildman–Crippen MR) is 109 cm³/mol. The topological polar surface area (TPSA) is 75.4 Å². The number of aromatic nitrogens is 1. The maximum absolute atomic E-state index is 12.1. The van der Waals surface area contributed by atoms with E-state index in [0.29, 0.717) is 22.8 Å². The van der Waals surface area contributed by atoms with E-state index in [2.05, 4.69) is 10.3 Å². The van der Waals surface area contributed by atoms with Gasteiger partial charge in [-0.3, -0.25) is 9.59 Å². The lowest BCUT2D eigenvalue weighted by Crippen LogP contribution is -2.21. The summed E-state index contributed by atoms with van der Waals surface area (Å²) in [6.07, 6.45) is 1.62. The van der Waals surface area contributed by atoms with Crippen LogP contribution >= 0.6 is 23.1 Å². The molecule has 27 heavy (non-hydrogen) atoms. The lowest BCUT2D eigenvalue weighted by atomic mass is 10.2. The third kappa shape index (κ3) is 5.21. The molecule has 0 bridgehead atoms. The van der Waals surface area contributed by atoms with Crippen LogP contribution in [0, 0.1) is 0 Å². The Morgan fingerprint density at radius 1 is 1.22 bits per heavy atom. The van der Waals surface area contributed by atoms with Crippen LogP contribution in [0.4, 0.5) is 5.69 Å². The monoisotopic (exact) mass is 401 g/mol. The molecule has 2 amide bonds. The fourth-order valence-electron chi connectivity index (χ4n) is 2.29. The third-order valence-electron chi connectivity index (χ3n) is 3.59. The minimum absolute atomic E-state index is 0.0689. The van der Waals surface area contributed by atoms with Gasteiger partial charge in [0.25, 0.3) is 5.91 Å². The summed E-state index contributed by atoms with van der Waals surface area (Å²) in [6.45, 7) is 0. The van der Waals surface area contributed by atoms with Crippen molar-refractivity contribution in [2.75, 3.05) is 25.2 Å². The van der Waals surface area contributed by atoms with Crippen LogP contribution < -0.4 is 5.32 Å². The standard InChI is InChI=1S/C19H19N3O3S2/c1-22(2)19(24)13-5-7-14(8-6-13)20-17(23)12-26-10-15-11-27-18(21-15)16-4-3-9-25-16/h3-9,11H,10,12H2,1-2H3,(H,20,23). The Morgan fingerprint density at radius 3 is 2.67 bits per heavy atom. The van der Waals surface area contributed by atoms with E-state index in [1.54, 1.807) is 44.6 Å². The Hall–Kier alpha value is -2.58. The molecule has 0 fully saturated rings. The van der Waals surface area contributed by atoms with Gasteiger partial charge in [0.2, 0.25) is 5.91 Å². The van der Waals surface area contributed by atoms with Crippen LogP contribution in [-0.4, -0.2) is 41.5 Å². The number of carbonyl (C=O) groups excluding carboxylic acids is 2. The van der Waals surface area contributed by atoms with Gasteiger partial charge in [-0.1, -0.05) is 0 Å². The van der Waals surface area contributed by atoms with E-state index >= 15 is 0 Å². The molecule has 0 radical (unpaired) electrons. The summed E-state index contributed by atoms with van der Waals surface area (Å²) in [5.74, 6) is 1.58. The van der Waals surface area contributed by atoms with Crippen molar-refractivity contribution in [3.63, 3.8) is 0 Å². The lowest BCUT2D eigenvalue weighted by Gasteiger charge is -2.11. The van der Waals surface area contributed by atoms with Crippen molar-refractivity contribution in [1.82, 2.24) is 9.88 Å². The van der Waals surface area contributed by atoms with Gasteiger partial charge in [-0.15, -0.1) is 23.1 Å². The minimum atomic E-state index is -0.0897. The van der Waals surface area contributed by atoms with Gasteiger partial charge < -0.3 is 14.6 Å². The molecular formula is C19H19N3O3S2. The van der Waals surface area contributed by atoms with Crippen molar-refractivity contribution in [3.05, 3.63) is 59.3 Å². The summed E-state index contributed by atoms with van der Waals surface area (Å²) < 4.78 is 5.33. The molecule has 1 N–H and O–H groups in total. The van der Waals surface area contributed by atoms with Gasteiger partial charge in [-0.2, -0.15) is 0 Å². The number of thiazole rings is 1. The highest BCUT2D eigenvalue weighted by atomic mass is 32.2. The molecule has 0 spiro atoms. The summed E-state index contributed by atoms with van der Waals surface area (Å²) in [6, 6.07) is 10.6. The van der Waals surface area contributed by atoms with Crippen molar-refractivity contribution in [3.8, 4) is 10.8 Å². The second-order valence-electron chi connectivity index (χ2n) is 5.94. The molecular weight excluding hydrogens is 382 g/mol. The van der Waals surface area contributed by atoms with E-state index in [-0.39, 0.29) is 11.8 Å². The van der Waals surface area contributed by atoms with Gasteiger partial charge in [-0.05, 0) is 36.4 Å². The highest BCUT2D eigenvalue weighted by Gasteiger charge is 2.10. The lowest BCUT2D eigenvalue weighted by molar-refractivity contribution is -0.113. The van der Waals surface area contributed by atoms with E-state index in [1.807, 2.05) is 17.5 Å². The molecule has 0 saturated heterocycles. The number of amides is 2. The third-order valence-corrected chi connectivity index (χ3v) is 5.46. The number of nitrogens with zero attached hydrogens (tertiary/aromatic N) is 2. The van der Waals surface area contributed by atoms with Crippen LogP contribution in [0.2, 0.25) is 0 Å². The smallest absolute Gasteiger partial charge is 0.253 e. The first-order valence-corrected chi connectivity index (χ1v) is 10.2. The average Bonchev–Trinajstić information content (AvgIpc) is 3.33. The summed E-state index contributed by atoms with van der Waals surface area (Å²) in [4.78, 5) is 30.0. The summed E-state index contributed by atoms with van der Waals surface area (Å²) in [5, 5.41) is 5.65. The summed E-state index contributed by atoms with van der Waals surface area (Å²) >= 11 is 3.02. The number of thioether (sulfide) groups is 1. The zero-order valence-electron chi connectivity index (χ0n) is 15.0. The molecule has 0 aliphatic heterocycles. The number of anilines is 1. The molecule has 3 aromatic rings. The highest BCUT2D eigenvalue weighted by molar-refractivity contribution is 7.99. The largest absolute Gasteiger partial charge is 0.462 e. The van der Waals surface area contributed by atoms with Gasteiger partial charge in [0, 0.05) is 36.5 Å². The molecule has 2 heterocycles. The van der Waals surface area contributed by atoms with Crippen LogP contribution in [0.5, 0.6) is 0 Å². The molecule has 0 atom stereocenters. The Balaban J connectivity index is 1.45. The molecule has 140 valence electrons. The average molecular weight is 402 g/mol. The molecule has 1 aromatic carbocycles. The second kappa shape index (κ2) is 8.88. The SMILES string of the molecule is CN(C)C(=O)c1ccc(NC(=O)CSCc2csc(-c3ccco3)n2)cc1. The van der Waals surface area contributed by atoms with Crippen LogP contribution in [0.1, 0.15) is 16.1 Å². The first-order valence-electron chi connectivity index (χ1n) is 8.20. The maximum atomic E-state index is 12.1. The number of carbonyl (C=O) groups is 2. The van der Waals surface area contributed by atoms with Crippen molar-refractivity contribution >= 4 is 40.6 Å². The van der Waals surface area contributed by atoms with Crippen molar-refractivity contribution < 1.29 is 14.0 Å². The quantitative estimate of drug-likeness (QED) is 0.648. The molecule has 2 aromatic heterocycles. The zero-order chi connectivity index (χ0) is 19.2. The molecule has 0 aliphatic carbocycles. The van der Waals surface area contributed by atoms with E-state index in [4.69, 9.17) is 4.42 Å². The van der Waals surface area contributed by atoms with Gasteiger partial charge >= 0.3 is 0 Å². The minimum Gasteiger partial charge on any atom is -0.462 e. The van der Waals surface area contributed by atoms with Gasteiger partial charge in [0.05, 0.1) is 17.7 Å². The summed E-state index contributed by atoms with van der Waals surface area (Å²) in [7, 11) is 3.41. The zero-order valence-corrected chi connectivity index (χ0v) is 16.6. The number of furan rings is 1. The van der Waals surface area contributed by atoms with E-state index in [0.717, 1.165) is 16.5 Å². The Labute approximate surface area is 165 Å². The number of rotatable bonds is 7. The van der Waals surface area contributed by atoms with Crippen molar-refractivity contribution in [2.45, 2.75) is 5.75 Å². The molecule has 0 unspecified atom stereocenters. The predicted octanol–water partition coefficient (Wildman–Crippen LogP) is 3.98. The first-order chi connectivity index (χ1) is 13.0.